The number of fused-ring (bicyclic) bond motifs is 1. The summed E-state index contributed by atoms with van der Waals surface area (Å²) < 4.78 is 20.6. The Kier molecular flexibility index (Phi) is 3.57. The maximum absolute atomic E-state index is 14.1. The number of benzene rings is 1. The number of rotatable bonds is 0. The van der Waals surface area contributed by atoms with Crippen molar-refractivity contribution in [2.75, 3.05) is 0 Å². The van der Waals surface area contributed by atoms with Crippen molar-refractivity contribution in [3.05, 3.63) is 34.2 Å². The Morgan fingerprint density at radius 3 is 2.70 bits per heavy atom. The lowest BCUT2D eigenvalue weighted by Gasteiger charge is -2.19. The molecule has 6 heteroatoms. The summed E-state index contributed by atoms with van der Waals surface area (Å²) in [5, 5.41) is 9.24. The van der Waals surface area contributed by atoms with Crippen molar-refractivity contribution in [1.82, 2.24) is 4.57 Å². The van der Waals surface area contributed by atoms with Gasteiger partial charge in [-0.25, -0.2) is 9.18 Å². The summed E-state index contributed by atoms with van der Waals surface area (Å²) in [4.78, 5) is 12.1. The van der Waals surface area contributed by atoms with Crippen LogP contribution in [0.4, 0.5) is 9.18 Å². The molecule has 20 heavy (non-hydrogen) atoms. The SMILES string of the molecule is CC(C)(C)OC(=O)n1ccc2c(F)c(Br)c(C#N)cc21. The fraction of sp³-hybridized carbons (Fsp3) is 0.286. The Balaban J connectivity index is 2.61. The van der Waals surface area contributed by atoms with Crippen molar-refractivity contribution in [2.45, 2.75) is 26.4 Å². The molecule has 4 nitrogen and oxygen atoms in total. The molecule has 2 aromatic rings. The number of carbonyl (C=O) groups excluding carboxylic acids is 1. The maximum Gasteiger partial charge on any atom is 0.418 e. The summed E-state index contributed by atoms with van der Waals surface area (Å²) in [6.07, 6.45) is 0.813. The highest BCUT2D eigenvalue weighted by molar-refractivity contribution is 9.10. The van der Waals surface area contributed by atoms with Gasteiger partial charge in [-0.15, -0.1) is 0 Å². The first-order valence-electron chi connectivity index (χ1n) is 5.87. The number of ether oxygens (including phenoxy) is 1. The molecule has 1 heterocycles. The zero-order valence-electron chi connectivity index (χ0n) is 11.2. The average molecular weight is 339 g/mol. The quantitative estimate of drug-likeness (QED) is 0.723. The minimum atomic E-state index is -0.653. The molecule has 0 amide bonds. The number of hydrogen-bond acceptors (Lipinski definition) is 3. The van der Waals surface area contributed by atoms with Crippen molar-refractivity contribution in [1.29, 1.82) is 5.26 Å². The molecule has 0 fully saturated rings. The number of aromatic nitrogens is 1. The van der Waals surface area contributed by atoms with Crippen LogP contribution in [0.3, 0.4) is 0 Å². The molecular weight excluding hydrogens is 327 g/mol. The second-order valence-corrected chi connectivity index (χ2v) is 6.06. The summed E-state index contributed by atoms with van der Waals surface area (Å²) in [7, 11) is 0. The molecule has 1 aromatic heterocycles. The van der Waals surface area contributed by atoms with E-state index in [0.29, 0.717) is 5.52 Å². The van der Waals surface area contributed by atoms with E-state index < -0.39 is 17.5 Å². The highest BCUT2D eigenvalue weighted by Gasteiger charge is 2.21. The Bertz CT molecular complexity index is 738. The zero-order valence-corrected chi connectivity index (χ0v) is 12.8. The van der Waals surface area contributed by atoms with Crippen LogP contribution in [0.1, 0.15) is 26.3 Å². The molecule has 0 aliphatic rings. The lowest BCUT2D eigenvalue weighted by atomic mass is 10.1. The van der Waals surface area contributed by atoms with E-state index in [-0.39, 0.29) is 15.4 Å². The van der Waals surface area contributed by atoms with Gasteiger partial charge < -0.3 is 4.74 Å². The molecule has 0 aliphatic heterocycles. The van der Waals surface area contributed by atoms with Gasteiger partial charge in [0, 0.05) is 11.6 Å². The molecule has 0 atom stereocenters. The first-order valence-corrected chi connectivity index (χ1v) is 6.66. The number of nitriles is 1. The molecule has 2 rings (SSSR count). The molecule has 0 unspecified atom stereocenters. The molecule has 0 bridgehead atoms. The largest absolute Gasteiger partial charge is 0.443 e. The summed E-state index contributed by atoms with van der Waals surface area (Å²) in [5.74, 6) is -0.568. The van der Waals surface area contributed by atoms with Crippen LogP contribution >= 0.6 is 15.9 Å². The van der Waals surface area contributed by atoms with Gasteiger partial charge in [-0.2, -0.15) is 5.26 Å². The molecule has 1 aromatic carbocycles. The highest BCUT2D eigenvalue weighted by Crippen LogP contribution is 2.29. The van der Waals surface area contributed by atoms with Crippen LogP contribution in [-0.2, 0) is 4.74 Å². The smallest absolute Gasteiger partial charge is 0.418 e. The lowest BCUT2D eigenvalue weighted by Crippen LogP contribution is -2.26. The summed E-state index contributed by atoms with van der Waals surface area (Å²) in [6.45, 7) is 5.23. The molecule has 0 N–H and O–H groups in total. The lowest BCUT2D eigenvalue weighted by molar-refractivity contribution is 0.0544. The van der Waals surface area contributed by atoms with Crippen LogP contribution in [0.2, 0.25) is 0 Å². The fourth-order valence-electron chi connectivity index (χ4n) is 1.77. The van der Waals surface area contributed by atoms with E-state index in [0.717, 1.165) is 0 Å². The average Bonchev–Trinajstić information content (AvgIpc) is 2.75. The van der Waals surface area contributed by atoms with Crippen LogP contribution in [0.5, 0.6) is 0 Å². The van der Waals surface area contributed by atoms with Crippen molar-refractivity contribution in [3.63, 3.8) is 0 Å². The van der Waals surface area contributed by atoms with Crippen LogP contribution < -0.4 is 0 Å². The molecule has 0 spiro atoms. The van der Waals surface area contributed by atoms with E-state index >= 15 is 0 Å². The number of nitrogens with zero attached hydrogens (tertiary/aromatic N) is 2. The normalized spacial score (nSPS) is 11.4. The van der Waals surface area contributed by atoms with Gasteiger partial charge in [-0.05, 0) is 48.8 Å². The van der Waals surface area contributed by atoms with Gasteiger partial charge in [0.05, 0.1) is 15.6 Å². The van der Waals surface area contributed by atoms with Gasteiger partial charge in [0.2, 0.25) is 0 Å². The van der Waals surface area contributed by atoms with Crippen molar-refractivity contribution >= 4 is 32.9 Å². The first kappa shape index (κ1) is 14.5. The van der Waals surface area contributed by atoms with E-state index in [1.165, 1.54) is 22.9 Å². The molecule has 0 aliphatic carbocycles. The molecule has 104 valence electrons. The summed E-state index contributed by atoms with van der Waals surface area (Å²) >= 11 is 3.03. The van der Waals surface area contributed by atoms with E-state index in [2.05, 4.69) is 15.9 Å². The Labute approximate surface area is 123 Å². The third kappa shape index (κ3) is 2.54. The monoisotopic (exact) mass is 338 g/mol. The number of halogens is 2. The van der Waals surface area contributed by atoms with Gasteiger partial charge in [0.1, 0.15) is 17.5 Å². The highest BCUT2D eigenvalue weighted by atomic mass is 79.9. The maximum atomic E-state index is 14.1. The van der Waals surface area contributed by atoms with E-state index in [1.807, 2.05) is 6.07 Å². The van der Waals surface area contributed by atoms with Gasteiger partial charge in [-0.3, -0.25) is 4.57 Å². The van der Waals surface area contributed by atoms with E-state index in [4.69, 9.17) is 10.00 Å². The van der Waals surface area contributed by atoms with Crippen molar-refractivity contribution in [2.24, 2.45) is 0 Å². The van der Waals surface area contributed by atoms with Gasteiger partial charge in [-0.1, -0.05) is 0 Å². The van der Waals surface area contributed by atoms with Crippen LogP contribution in [0, 0.1) is 17.1 Å². The molecule has 0 saturated heterocycles. The van der Waals surface area contributed by atoms with Crippen LogP contribution in [-0.4, -0.2) is 16.3 Å². The first-order chi connectivity index (χ1) is 9.24. The number of hydrogen-bond donors (Lipinski definition) is 0. The van der Waals surface area contributed by atoms with Crippen LogP contribution in [0.25, 0.3) is 10.9 Å². The third-order valence-corrected chi connectivity index (χ3v) is 3.36. The second-order valence-electron chi connectivity index (χ2n) is 5.26. The van der Waals surface area contributed by atoms with Crippen molar-refractivity contribution in [3.8, 4) is 6.07 Å². The van der Waals surface area contributed by atoms with E-state index in [9.17, 15) is 9.18 Å². The Morgan fingerprint density at radius 1 is 1.50 bits per heavy atom. The Morgan fingerprint density at radius 2 is 2.15 bits per heavy atom. The van der Waals surface area contributed by atoms with Gasteiger partial charge in [0.25, 0.3) is 0 Å². The molecular formula is C14H12BrFN2O2. The zero-order chi connectivity index (χ0) is 15.1. The standard InChI is InChI=1S/C14H12BrFN2O2/c1-14(2,3)20-13(19)18-5-4-9-10(18)6-8(7-17)11(15)12(9)16/h4-6H,1-3H3. The number of carbonyl (C=O) groups is 1. The van der Waals surface area contributed by atoms with Gasteiger partial charge in [0.15, 0.2) is 0 Å². The minimum absolute atomic E-state index is 0.0921. The van der Waals surface area contributed by atoms with E-state index in [1.54, 1.807) is 20.8 Å². The summed E-state index contributed by atoms with van der Waals surface area (Å²) in [5.41, 5.74) is -0.227. The summed E-state index contributed by atoms with van der Waals surface area (Å²) in [6, 6.07) is 4.80. The Hall–Kier alpha value is -1.87. The predicted molar refractivity (Wildman–Crippen MR) is 75.9 cm³/mol. The predicted octanol–water partition coefficient (Wildman–Crippen LogP) is 4.20. The van der Waals surface area contributed by atoms with Gasteiger partial charge >= 0.3 is 6.09 Å². The molecule has 0 saturated carbocycles. The fourth-order valence-corrected chi connectivity index (χ4v) is 2.18. The topological polar surface area (TPSA) is 55.0 Å². The minimum Gasteiger partial charge on any atom is -0.443 e. The third-order valence-electron chi connectivity index (χ3n) is 2.58. The molecule has 0 radical (unpaired) electrons. The second kappa shape index (κ2) is 4.91. The van der Waals surface area contributed by atoms with Crippen molar-refractivity contribution < 1.29 is 13.9 Å². The van der Waals surface area contributed by atoms with Crippen LogP contribution in [0.15, 0.2) is 22.8 Å².